The Kier molecular flexibility index (Phi) is 3.46. The number of ether oxygens (including phenoxy) is 1. The normalized spacial score (nSPS) is 13.5. The van der Waals surface area contributed by atoms with Gasteiger partial charge in [0.15, 0.2) is 0 Å². The summed E-state index contributed by atoms with van der Waals surface area (Å²) < 4.78 is 20.2. The predicted octanol–water partition coefficient (Wildman–Crippen LogP) is 5.55. The minimum Gasteiger partial charge on any atom is -0.438 e. The number of pyridine rings is 1. The van der Waals surface area contributed by atoms with Gasteiger partial charge in [-0.05, 0) is 47.0 Å². The van der Waals surface area contributed by atoms with Crippen LogP contribution in [0.5, 0.6) is 11.6 Å². The average molecular weight is 362 g/mol. The van der Waals surface area contributed by atoms with Gasteiger partial charge >= 0.3 is 0 Å². The molecular weight excluding hydrogens is 351 g/mol. The van der Waals surface area contributed by atoms with Crippen LogP contribution in [0.1, 0.15) is 5.56 Å². The van der Waals surface area contributed by atoms with E-state index in [0.717, 1.165) is 32.3 Å². The second kappa shape index (κ2) is 5.96. The lowest BCUT2D eigenvalue weighted by Gasteiger charge is -2.09. The summed E-state index contributed by atoms with van der Waals surface area (Å²) in [4.78, 5) is 4.70. The number of rotatable bonds is 3. The summed E-state index contributed by atoms with van der Waals surface area (Å²) in [7, 11) is 0. The van der Waals surface area contributed by atoms with Gasteiger partial charge in [0.1, 0.15) is 18.1 Å². The van der Waals surface area contributed by atoms with E-state index in [1.807, 2.05) is 29.6 Å². The van der Waals surface area contributed by atoms with Crippen LogP contribution < -0.4 is 4.74 Å². The van der Waals surface area contributed by atoms with Crippen molar-refractivity contribution in [2.24, 2.45) is 15.4 Å². The summed E-state index contributed by atoms with van der Waals surface area (Å²) >= 11 is 1.63. The van der Waals surface area contributed by atoms with Crippen molar-refractivity contribution in [2.45, 2.75) is 0 Å². The summed E-state index contributed by atoms with van der Waals surface area (Å²) in [5.74, 6) is 0.738. The van der Waals surface area contributed by atoms with Gasteiger partial charge in [-0.2, -0.15) is 5.11 Å². The first-order valence-corrected chi connectivity index (χ1v) is 8.84. The number of hydrogen-bond donors (Lipinski definition) is 0. The van der Waals surface area contributed by atoms with E-state index >= 15 is 0 Å². The Hall–Kier alpha value is -3.19. The number of nitrogens with zero attached hydrogens (tertiary/aromatic N) is 4. The molecule has 0 saturated heterocycles. The minimum atomic E-state index is -0.303. The van der Waals surface area contributed by atoms with Crippen molar-refractivity contribution in [1.82, 2.24) is 4.98 Å². The molecular formula is C19H11FN4OS. The molecule has 2 aromatic heterocycles. The number of halogens is 1. The first-order valence-electron chi connectivity index (χ1n) is 7.96. The lowest BCUT2D eigenvalue weighted by molar-refractivity contribution is 0.469. The van der Waals surface area contributed by atoms with E-state index in [0.29, 0.717) is 18.2 Å². The van der Waals surface area contributed by atoms with Gasteiger partial charge in [-0.3, -0.25) is 0 Å². The van der Waals surface area contributed by atoms with Gasteiger partial charge in [-0.1, -0.05) is 12.1 Å². The molecule has 0 fully saturated rings. The molecule has 5 nitrogen and oxygen atoms in total. The van der Waals surface area contributed by atoms with E-state index in [9.17, 15) is 4.39 Å². The van der Waals surface area contributed by atoms with Crippen LogP contribution in [-0.4, -0.2) is 17.2 Å². The number of hydrogen-bond acceptors (Lipinski definition) is 6. The number of thiophene rings is 1. The van der Waals surface area contributed by atoms with Crippen molar-refractivity contribution in [3.63, 3.8) is 0 Å². The van der Waals surface area contributed by atoms with E-state index < -0.39 is 0 Å². The first kappa shape index (κ1) is 15.1. The minimum absolute atomic E-state index is 0.303. The van der Waals surface area contributed by atoms with Crippen molar-refractivity contribution in [2.75, 3.05) is 6.54 Å². The quantitative estimate of drug-likeness (QED) is 0.480. The van der Waals surface area contributed by atoms with Gasteiger partial charge < -0.3 is 4.74 Å². The molecule has 7 heteroatoms. The zero-order valence-electron chi connectivity index (χ0n) is 13.4. The van der Waals surface area contributed by atoms with Crippen molar-refractivity contribution in [3.8, 4) is 11.6 Å². The molecule has 0 aliphatic carbocycles. The van der Waals surface area contributed by atoms with Crippen LogP contribution in [0.2, 0.25) is 0 Å². The molecule has 5 rings (SSSR count). The standard InChI is InChI=1S/C19H11FN4OS/c20-12-2-4-13(5-3-12)25-19-15-7-8-26-18(15)14-6-1-11(9-16(14)22-19)17-10-21-24-23-17/h1-9H,10H2. The van der Waals surface area contributed by atoms with Crippen molar-refractivity contribution in [1.29, 1.82) is 0 Å². The van der Waals surface area contributed by atoms with E-state index in [2.05, 4.69) is 15.4 Å². The summed E-state index contributed by atoms with van der Waals surface area (Å²) in [6.45, 7) is 0.478. The fraction of sp³-hybridized carbons (Fsp3) is 0.0526. The number of benzene rings is 2. The lowest BCUT2D eigenvalue weighted by Crippen LogP contribution is -2.01. The van der Waals surface area contributed by atoms with Crippen LogP contribution in [0, 0.1) is 5.82 Å². The lowest BCUT2D eigenvalue weighted by atomic mass is 10.1. The highest BCUT2D eigenvalue weighted by molar-refractivity contribution is 7.18. The Labute approximate surface area is 151 Å². The van der Waals surface area contributed by atoms with E-state index in [-0.39, 0.29) is 5.82 Å². The average Bonchev–Trinajstić information content (AvgIpc) is 3.35. The fourth-order valence-corrected chi connectivity index (χ4v) is 3.83. The van der Waals surface area contributed by atoms with Gasteiger partial charge in [-0.25, -0.2) is 9.37 Å². The van der Waals surface area contributed by atoms with Crippen LogP contribution >= 0.6 is 11.3 Å². The zero-order chi connectivity index (χ0) is 17.5. The molecule has 0 amide bonds. The second-order valence-corrected chi connectivity index (χ2v) is 6.72. The van der Waals surface area contributed by atoms with E-state index in [1.54, 1.807) is 23.5 Å². The first-order chi connectivity index (χ1) is 12.8. The van der Waals surface area contributed by atoms with Gasteiger partial charge in [0.25, 0.3) is 0 Å². The Morgan fingerprint density at radius 3 is 2.69 bits per heavy atom. The summed E-state index contributed by atoms with van der Waals surface area (Å²) in [5.41, 5.74) is 2.57. The molecule has 126 valence electrons. The number of fused-ring (bicyclic) bond motifs is 3. The molecule has 1 aliphatic rings. The van der Waals surface area contributed by atoms with Crippen LogP contribution in [-0.2, 0) is 0 Å². The molecule has 4 aromatic rings. The van der Waals surface area contributed by atoms with Crippen molar-refractivity contribution < 1.29 is 9.13 Å². The van der Waals surface area contributed by atoms with Crippen molar-refractivity contribution >= 4 is 38.0 Å². The summed E-state index contributed by atoms with van der Waals surface area (Å²) in [6, 6.07) is 13.9. The van der Waals surface area contributed by atoms with Gasteiger partial charge in [-0.15, -0.1) is 16.4 Å². The highest BCUT2D eigenvalue weighted by atomic mass is 32.1. The molecule has 0 radical (unpaired) electrons. The van der Waals surface area contributed by atoms with Crippen LogP contribution in [0.25, 0.3) is 21.0 Å². The molecule has 0 bridgehead atoms. The molecule has 0 spiro atoms. The monoisotopic (exact) mass is 362 g/mol. The third-order valence-electron chi connectivity index (χ3n) is 4.17. The molecule has 3 heterocycles. The molecule has 0 N–H and O–H groups in total. The molecule has 26 heavy (non-hydrogen) atoms. The maximum absolute atomic E-state index is 13.1. The Bertz CT molecular complexity index is 1200. The predicted molar refractivity (Wildman–Crippen MR) is 99.9 cm³/mol. The molecule has 0 saturated carbocycles. The highest BCUT2D eigenvalue weighted by Gasteiger charge is 2.14. The second-order valence-electron chi connectivity index (χ2n) is 5.80. The van der Waals surface area contributed by atoms with Gasteiger partial charge in [0, 0.05) is 15.6 Å². The Balaban J connectivity index is 1.65. The van der Waals surface area contributed by atoms with Crippen LogP contribution in [0.15, 0.2) is 69.3 Å². The number of aromatic nitrogens is 1. The van der Waals surface area contributed by atoms with Crippen molar-refractivity contribution in [3.05, 3.63) is 65.3 Å². The fourth-order valence-electron chi connectivity index (χ4n) is 2.91. The maximum atomic E-state index is 13.1. The van der Waals surface area contributed by atoms with E-state index in [1.165, 1.54) is 12.1 Å². The SMILES string of the molecule is Fc1ccc(Oc2nc3cc(C4=NN=NC4)ccc3c3sccc23)cc1. The Morgan fingerprint density at radius 1 is 1.00 bits per heavy atom. The molecule has 0 unspecified atom stereocenters. The summed E-state index contributed by atoms with van der Waals surface area (Å²) in [6.07, 6.45) is 0. The topological polar surface area (TPSA) is 59.2 Å². The maximum Gasteiger partial charge on any atom is 0.228 e. The highest BCUT2D eigenvalue weighted by Crippen LogP contribution is 2.37. The third-order valence-corrected chi connectivity index (χ3v) is 5.12. The smallest absolute Gasteiger partial charge is 0.228 e. The largest absolute Gasteiger partial charge is 0.438 e. The molecule has 1 aliphatic heterocycles. The zero-order valence-corrected chi connectivity index (χ0v) is 14.2. The molecule has 2 aromatic carbocycles. The third kappa shape index (κ3) is 2.53. The van der Waals surface area contributed by atoms with Crippen LogP contribution in [0.3, 0.4) is 0 Å². The van der Waals surface area contributed by atoms with Gasteiger partial charge in [0.05, 0.1) is 16.6 Å². The molecule has 0 atom stereocenters. The Morgan fingerprint density at radius 2 is 1.88 bits per heavy atom. The van der Waals surface area contributed by atoms with E-state index in [4.69, 9.17) is 9.72 Å². The van der Waals surface area contributed by atoms with Gasteiger partial charge in [0.2, 0.25) is 5.88 Å². The van der Waals surface area contributed by atoms with Crippen LogP contribution in [0.4, 0.5) is 4.39 Å². The summed E-state index contributed by atoms with van der Waals surface area (Å²) in [5, 5.41) is 15.6.